The topological polar surface area (TPSA) is 57.6 Å². The van der Waals surface area contributed by atoms with Gasteiger partial charge in [-0.15, -0.1) is 0 Å². The predicted molar refractivity (Wildman–Crippen MR) is 117 cm³/mol. The van der Waals surface area contributed by atoms with Gasteiger partial charge in [0.1, 0.15) is 0 Å². The zero-order valence-electron chi connectivity index (χ0n) is 17.8. The van der Waals surface area contributed by atoms with Crippen molar-refractivity contribution in [2.75, 3.05) is 6.54 Å². The fourth-order valence-corrected chi connectivity index (χ4v) is 4.87. The van der Waals surface area contributed by atoms with E-state index in [1.54, 1.807) is 6.92 Å². The molecule has 1 unspecified atom stereocenters. The Kier molecular flexibility index (Phi) is 6.33. The van der Waals surface area contributed by atoms with Gasteiger partial charge in [0.2, 0.25) is 5.91 Å². The number of ketones is 1. The molecule has 2 aromatic carbocycles. The highest BCUT2D eigenvalue weighted by atomic mass is 16.3. The van der Waals surface area contributed by atoms with Crippen LogP contribution in [0.4, 0.5) is 0 Å². The number of hydrogen-bond donors (Lipinski definition) is 1. The summed E-state index contributed by atoms with van der Waals surface area (Å²) >= 11 is 0. The van der Waals surface area contributed by atoms with E-state index in [1.807, 2.05) is 23.1 Å². The number of aliphatic hydroxyl groups is 1. The van der Waals surface area contributed by atoms with Crippen molar-refractivity contribution in [2.45, 2.75) is 64.5 Å². The summed E-state index contributed by atoms with van der Waals surface area (Å²) in [4.78, 5) is 26.1. The van der Waals surface area contributed by atoms with Crippen LogP contribution in [0.25, 0.3) is 0 Å². The Balaban J connectivity index is 1.25. The Morgan fingerprint density at radius 1 is 1.03 bits per heavy atom. The van der Waals surface area contributed by atoms with Crippen LogP contribution in [0, 0.1) is 5.92 Å². The molecule has 158 valence electrons. The van der Waals surface area contributed by atoms with Gasteiger partial charge in [0.25, 0.3) is 0 Å². The van der Waals surface area contributed by atoms with Crippen molar-refractivity contribution < 1.29 is 14.7 Å². The van der Waals surface area contributed by atoms with Crippen LogP contribution in [0.2, 0.25) is 0 Å². The first-order valence-electron chi connectivity index (χ1n) is 11.1. The van der Waals surface area contributed by atoms with Crippen molar-refractivity contribution in [2.24, 2.45) is 5.92 Å². The molecule has 2 aliphatic rings. The van der Waals surface area contributed by atoms with E-state index >= 15 is 0 Å². The summed E-state index contributed by atoms with van der Waals surface area (Å²) in [7, 11) is 0. The molecule has 1 aliphatic heterocycles. The van der Waals surface area contributed by atoms with Gasteiger partial charge >= 0.3 is 0 Å². The van der Waals surface area contributed by atoms with Gasteiger partial charge < -0.3 is 10.0 Å². The van der Waals surface area contributed by atoms with E-state index in [4.69, 9.17) is 0 Å². The largest absolute Gasteiger partial charge is 0.393 e. The first-order valence-corrected chi connectivity index (χ1v) is 11.1. The second-order valence-corrected chi connectivity index (χ2v) is 8.91. The molecule has 4 heteroatoms. The maximum Gasteiger partial charge on any atom is 0.219 e. The van der Waals surface area contributed by atoms with Crippen LogP contribution in [0.1, 0.15) is 65.2 Å². The minimum absolute atomic E-state index is 0.0741. The van der Waals surface area contributed by atoms with Crippen molar-refractivity contribution in [1.29, 1.82) is 0 Å². The molecule has 1 atom stereocenters. The Labute approximate surface area is 178 Å². The number of amides is 1. The van der Waals surface area contributed by atoms with Crippen molar-refractivity contribution in [3.8, 4) is 0 Å². The number of carbonyl (C=O) groups excluding carboxylic acids is 2. The fourth-order valence-electron chi connectivity index (χ4n) is 4.87. The lowest BCUT2D eigenvalue weighted by Gasteiger charge is -2.28. The van der Waals surface area contributed by atoms with E-state index in [0.717, 1.165) is 44.2 Å². The molecule has 0 aromatic heterocycles. The second kappa shape index (κ2) is 9.13. The molecule has 0 bridgehead atoms. The average Bonchev–Trinajstić information content (AvgIpc) is 3.18. The molecule has 4 rings (SSSR count). The van der Waals surface area contributed by atoms with Gasteiger partial charge in [-0.05, 0) is 72.8 Å². The molecule has 0 spiro atoms. The van der Waals surface area contributed by atoms with Gasteiger partial charge in [-0.25, -0.2) is 0 Å². The molecule has 1 heterocycles. The Morgan fingerprint density at radius 3 is 2.47 bits per heavy atom. The molecular weight excluding hydrogens is 374 g/mol. The van der Waals surface area contributed by atoms with E-state index in [0.29, 0.717) is 30.9 Å². The molecular formula is C26H31NO3. The first kappa shape index (κ1) is 20.8. The van der Waals surface area contributed by atoms with Crippen molar-refractivity contribution in [3.63, 3.8) is 0 Å². The molecule has 2 aromatic rings. The third-order valence-corrected chi connectivity index (χ3v) is 6.73. The minimum atomic E-state index is -0.427. The van der Waals surface area contributed by atoms with Crippen LogP contribution in [-0.2, 0) is 30.6 Å². The smallest absolute Gasteiger partial charge is 0.219 e. The molecule has 30 heavy (non-hydrogen) atoms. The number of benzene rings is 2. The highest BCUT2D eigenvalue weighted by Gasteiger charge is 2.22. The highest BCUT2D eigenvalue weighted by molar-refractivity contribution is 5.96. The molecule has 1 amide bonds. The third kappa shape index (κ3) is 4.81. The third-order valence-electron chi connectivity index (χ3n) is 6.73. The van der Waals surface area contributed by atoms with Crippen LogP contribution in [-0.4, -0.2) is 34.3 Å². The van der Waals surface area contributed by atoms with E-state index in [-0.39, 0.29) is 11.7 Å². The van der Waals surface area contributed by atoms with Crippen LogP contribution < -0.4 is 0 Å². The Hall–Kier alpha value is -2.46. The van der Waals surface area contributed by atoms with E-state index in [2.05, 4.69) is 24.3 Å². The molecule has 0 saturated carbocycles. The van der Waals surface area contributed by atoms with Gasteiger partial charge in [-0.1, -0.05) is 36.4 Å². The summed E-state index contributed by atoms with van der Waals surface area (Å²) < 4.78 is 0. The number of carbonyl (C=O) groups is 2. The number of rotatable bonds is 7. The van der Waals surface area contributed by atoms with E-state index in [1.165, 1.54) is 16.7 Å². The SMILES string of the molecule is CC(=O)N1CCc2ccc(C(=O)CCC(O)CCC3Cc4ccccc4C3)cc2C1. The number of hydrogen-bond acceptors (Lipinski definition) is 3. The zero-order valence-corrected chi connectivity index (χ0v) is 17.8. The number of aliphatic hydroxyl groups excluding tert-OH is 1. The molecule has 0 fully saturated rings. The lowest BCUT2D eigenvalue weighted by Crippen LogP contribution is -2.34. The Bertz CT molecular complexity index is 911. The standard InChI is InChI=1S/C26H31NO3/c1-18(28)27-13-12-20-7-8-23(16-24(20)17-27)26(30)11-10-25(29)9-6-19-14-21-4-2-3-5-22(21)15-19/h2-5,7-8,16,19,25,29H,6,9-15,17H2,1H3. The maximum atomic E-state index is 12.7. The van der Waals surface area contributed by atoms with Gasteiger partial charge in [-0.2, -0.15) is 0 Å². The van der Waals surface area contributed by atoms with Gasteiger partial charge in [0, 0.05) is 32.0 Å². The Morgan fingerprint density at radius 2 is 1.77 bits per heavy atom. The lowest BCUT2D eigenvalue weighted by molar-refractivity contribution is -0.129. The summed E-state index contributed by atoms with van der Waals surface area (Å²) in [5, 5.41) is 10.4. The molecule has 1 N–H and O–H groups in total. The monoisotopic (exact) mass is 405 g/mol. The predicted octanol–water partition coefficient (Wildman–Crippen LogP) is 4.11. The van der Waals surface area contributed by atoms with Crippen LogP contribution in [0.15, 0.2) is 42.5 Å². The van der Waals surface area contributed by atoms with Crippen LogP contribution >= 0.6 is 0 Å². The van der Waals surface area contributed by atoms with Gasteiger partial charge in [0.05, 0.1) is 6.10 Å². The number of nitrogens with zero attached hydrogens (tertiary/aromatic N) is 1. The average molecular weight is 406 g/mol. The minimum Gasteiger partial charge on any atom is -0.393 e. The number of Topliss-reactive ketones (excluding diaryl/α,β-unsaturated/α-hetero) is 1. The number of fused-ring (bicyclic) bond motifs is 2. The van der Waals surface area contributed by atoms with Crippen molar-refractivity contribution >= 4 is 11.7 Å². The summed E-state index contributed by atoms with van der Waals surface area (Å²) in [6, 6.07) is 14.5. The summed E-state index contributed by atoms with van der Waals surface area (Å²) in [6.45, 7) is 2.91. The van der Waals surface area contributed by atoms with Gasteiger partial charge in [-0.3, -0.25) is 9.59 Å². The summed E-state index contributed by atoms with van der Waals surface area (Å²) in [5.74, 6) is 0.758. The molecule has 0 saturated heterocycles. The highest BCUT2D eigenvalue weighted by Crippen LogP contribution is 2.30. The molecule has 0 radical (unpaired) electrons. The van der Waals surface area contributed by atoms with Crippen LogP contribution in [0.3, 0.4) is 0 Å². The first-order chi connectivity index (χ1) is 14.5. The van der Waals surface area contributed by atoms with E-state index < -0.39 is 6.10 Å². The molecule has 1 aliphatic carbocycles. The quantitative estimate of drug-likeness (QED) is 0.705. The normalized spacial score (nSPS) is 16.8. The maximum absolute atomic E-state index is 12.7. The van der Waals surface area contributed by atoms with Gasteiger partial charge in [0.15, 0.2) is 5.78 Å². The molecule has 4 nitrogen and oxygen atoms in total. The second-order valence-electron chi connectivity index (χ2n) is 8.91. The van der Waals surface area contributed by atoms with Crippen LogP contribution in [0.5, 0.6) is 0 Å². The van der Waals surface area contributed by atoms with Crippen molar-refractivity contribution in [3.05, 3.63) is 70.3 Å². The van der Waals surface area contributed by atoms with Crippen molar-refractivity contribution in [1.82, 2.24) is 4.90 Å². The fraction of sp³-hybridized carbons (Fsp3) is 0.462. The van der Waals surface area contributed by atoms with E-state index in [9.17, 15) is 14.7 Å². The lowest BCUT2D eigenvalue weighted by atomic mass is 9.93. The zero-order chi connectivity index (χ0) is 21.1. The summed E-state index contributed by atoms with van der Waals surface area (Å²) in [6.07, 6.45) is 5.25. The summed E-state index contributed by atoms with van der Waals surface area (Å²) in [5.41, 5.74) is 5.88.